The third-order valence-electron chi connectivity index (χ3n) is 5.94. The fourth-order valence-electron chi connectivity index (χ4n) is 4.14. The molecule has 1 fully saturated rings. The van der Waals surface area contributed by atoms with E-state index in [2.05, 4.69) is 20.9 Å². The summed E-state index contributed by atoms with van der Waals surface area (Å²) in [7, 11) is 0. The maximum absolute atomic E-state index is 12.7. The van der Waals surface area contributed by atoms with Gasteiger partial charge in [-0.3, -0.25) is 10.1 Å². The molecule has 5 rings (SSSR count). The van der Waals surface area contributed by atoms with Gasteiger partial charge in [0.05, 0.1) is 23.6 Å². The van der Waals surface area contributed by atoms with Crippen molar-refractivity contribution >= 4 is 40.5 Å². The first kappa shape index (κ1) is 21.1. The van der Waals surface area contributed by atoms with Crippen LogP contribution in [-0.2, 0) is 11.2 Å². The maximum atomic E-state index is 12.7. The summed E-state index contributed by atoms with van der Waals surface area (Å²) < 4.78 is 0. The van der Waals surface area contributed by atoms with E-state index in [1.807, 2.05) is 58.9 Å². The highest BCUT2D eigenvalue weighted by molar-refractivity contribution is 6.31. The Labute approximate surface area is 196 Å². The van der Waals surface area contributed by atoms with Crippen LogP contribution in [-0.4, -0.2) is 47.8 Å². The molecule has 33 heavy (non-hydrogen) atoms. The number of rotatable bonds is 4. The Balaban J connectivity index is 1.18. The lowest BCUT2D eigenvalue weighted by Crippen LogP contribution is -2.80. The molecule has 2 N–H and O–H groups in total. The Morgan fingerprint density at radius 1 is 1.09 bits per heavy atom. The van der Waals surface area contributed by atoms with Crippen molar-refractivity contribution in [1.29, 1.82) is 5.26 Å². The number of piperazine rings is 1. The molecule has 0 bridgehead atoms. The van der Waals surface area contributed by atoms with Crippen LogP contribution in [0.1, 0.15) is 16.7 Å². The van der Waals surface area contributed by atoms with Crippen molar-refractivity contribution in [2.45, 2.75) is 6.42 Å². The van der Waals surface area contributed by atoms with Crippen molar-refractivity contribution in [2.75, 3.05) is 31.1 Å². The summed E-state index contributed by atoms with van der Waals surface area (Å²) in [5.74, 6) is 1.86. The summed E-state index contributed by atoms with van der Waals surface area (Å²) in [4.78, 5) is 26.1. The van der Waals surface area contributed by atoms with E-state index in [-0.39, 0.29) is 5.91 Å². The van der Waals surface area contributed by atoms with Gasteiger partial charge in [0.2, 0.25) is 11.7 Å². The zero-order chi connectivity index (χ0) is 22.8. The van der Waals surface area contributed by atoms with Gasteiger partial charge in [0.25, 0.3) is 0 Å². The number of aliphatic imine (C=N–C) groups is 1. The highest BCUT2D eigenvalue weighted by Crippen LogP contribution is 2.28. The number of halogens is 1. The van der Waals surface area contributed by atoms with Crippen LogP contribution in [0.15, 0.2) is 65.8 Å². The molecule has 0 radical (unpaired) electrons. The van der Waals surface area contributed by atoms with Crippen LogP contribution < -0.4 is 10.2 Å². The van der Waals surface area contributed by atoms with E-state index in [0.717, 1.165) is 47.2 Å². The smallest absolute Gasteiger partial charge is 0.239 e. The monoisotopic (exact) mass is 457 g/mol. The minimum absolute atomic E-state index is 0.0856. The van der Waals surface area contributed by atoms with Gasteiger partial charge in [-0.1, -0.05) is 23.7 Å². The number of amides is 1. The number of fused-ring (bicyclic) bond motifs is 1. The zero-order valence-electron chi connectivity index (χ0n) is 17.9. The van der Waals surface area contributed by atoms with Crippen molar-refractivity contribution in [3.63, 3.8) is 0 Å². The Morgan fingerprint density at radius 3 is 2.70 bits per heavy atom. The number of quaternary nitrogens is 1. The third-order valence-corrected chi connectivity index (χ3v) is 6.17. The second kappa shape index (κ2) is 9.02. The molecule has 164 valence electrons. The number of aromatic nitrogens is 1. The molecule has 0 atom stereocenters. The Kier molecular flexibility index (Phi) is 5.78. The molecule has 0 aliphatic carbocycles. The van der Waals surface area contributed by atoms with Crippen LogP contribution in [0.5, 0.6) is 0 Å². The van der Waals surface area contributed by atoms with Crippen molar-refractivity contribution in [3.05, 3.63) is 82.5 Å². The molecular formula is C25H22ClN6O+. The molecule has 1 amide bonds. The molecule has 1 saturated heterocycles. The lowest BCUT2D eigenvalue weighted by molar-refractivity contribution is -0.437. The largest absolute Gasteiger partial charge is 0.353 e. The normalized spacial score (nSPS) is 15.1. The van der Waals surface area contributed by atoms with Crippen LogP contribution >= 0.6 is 11.6 Å². The van der Waals surface area contributed by atoms with Crippen molar-refractivity contribution in [1.82, 2.24) is 9.88 Å². The fraction of sp³-hybridized carbons (Fsp3) is 0.200. The number of carbonyl (C=O) groups is 1. The first-order chi connectivity index (χ1) is 16.1. The van der Waals surface area contributed by atoms with Gasteiger partial charge in [0.15, 0.2) is 5.69 Å². The molecule has 2 aromatic carbocycles. The molecule has 2 aliphatic rings. The van der Waals surface area contributed by atoms with Gasteiger partial charge < -0.3 is 9.80 Å². The molecule has 3 aromatic rings. The van der Waals surface area contributed by atoms with Gasteiger partial charge in [-0.2, -0.15) is 10.3 Å². The molecule has 0 spiro atoms. The number of hydrogen-bond donors (Lipinski definition) is 1. The van der Waals surface area contributed by atoms with Crippen LogP contribution in [0.25, 0.3) is 0 Å². The maximum Gasteiger partial charge on any atom is 0.239 e. The number of carbonyl (C=O) groups excluding carboxylic acids is 1. The highest BCUT2D eigenvalue weighted by atomic mass is 35.5. The molecular weight excluding hydrogens is 436 g/mol. The zero-order valence-corrected chi connectivity index (χ0v) is 18.7. The number of nitriles is 1. The number of anilines is 1. The van der Waals surface area contributed by atoms with Crippen LogP contribution in [0.3, 0.4) is 0 Å². The van der Waals surface area contributed by atoms with E-state index >= 15 is 0 Å². The summed E-state index contributed by atoms with van der Waals surface area (Å²) in [6.07, 6.45) is 2.16. The first-order valence-electron chi connectivity index (χ1n) is 10.8. The summed E-state index contributed by atoms with van der Waals surface area (Å²) in [6, 6.07) is 19.1. The lowest BCUT2D eigenvalue weighted by Gasteiger charge is -2.35. The van der Waals surface area contributed by atoms with E-state index in [1.54, 1.807) is 12.1 Å². The van der Waals surface area contributed by atoms with Gasteiger partial charge in [-0.25, -0.2) is 4.98 Å². The van der Waals surface area contributed by atoms with Gasteiger partial charge in [-0.05, 0) is 42.0 Å². The Bertz CT molecular complexity index is 1270. The quantitative estimate of drug-likeness (QED) is 0.610. The van der Waals surface area contributed by atoms with Gasteiger partial charge in [0, 0.05) is 43.5 Å². The topological polar surface area (TPSA) is 89.2 Å². The van der Waals surface area contributed by atoms with Crippen LogP contribution in [0.2, 0.25) is 5.02 Å². The predicted molar refractivity (Wildman–Crippen MR) is 127 cm³/mol. The summed E-state index contributed by atoms with van der Waals surface area (Å²) >= 11 is 6.07. The summed E-state index contributed by atoms with van der Waals surface area (Å²) in [5, 5.41) is 11.8. The second-order valence-electron chi connectivity index (χ2n) is 8.11. The average Bonchev–Trinajstić information content (AvgIpc) is 3.27. The molecule has 0 unspecified atom stereocenters. The number of amidine groups is 1. The number of hydrogen-bond acceptors (Lipinski definition) is 5. The fourth-order valence-corrected chi connectivity index (χ4v) is 4.31. The number of pyridine rings is 1. The van der Waals surface area contributed by atoms with Crippen LogP contribution in [0, 0.1) is 11.3 Å². The molecule has 8 heteroatoms. The molecule has 0 saturated carbocycles. The van der Waals surface area contributed by atoms with Gasteiger partial charge in [0.1, 0.15) is 11.5 Å². The van der Waals surface area contributed by atoms with E-state index in [9.17, 15) is 4.79 Å². The molecule has 1 aromatic heterocycles. The van der Waals surface area contributed by atoms with Crippen molar-refractivity contribution < 1.29 is 10.1 Å². The highest BCUT2D eigenvalue weighted by Gasteiger charge is 2.24. The molecule has 2 aliphatic heterocycles. The minimum Gasteiger partial charge on any atom is -0.353 e. The number of nitrogens with zero attached hydrogens (tertiary/aromatic N) is 5. The standard InChI is InChI=1S/C25H21ClN6O/c26-20-5-6-21-22(14-20)30-25(29-21)19-4-7-23(28-16-19)31-8-10-32(11-9-31)24(33)13-17-2-1-3-18(12-17)15-27/h1-7,12,14,16H,8-11,13H2,(H,29,30)/p+1. The van der Waals surface area contributed by atoms with E-state index in [4.69, 9.17) is 16.9 Å². The minimum atomic E-state index is 0.0856. The Hall–Kier alpha value is -3.73. The van der Waals surface area contributed by atoms with E-state index in [0.29, 0.717) is 30.1 Å². The van der Waals surface area contributed by atoms with E-state index in [1.165, 1.54) is 0 Å². The average molecular weight is 458 g/mol. The first-order valence-corrected chi connectivity index (χ1v) is 11.2. The molecule has 3 heterocycles. The SMILES string of the molecule is N#Cc1cccc(CC(=O)N2CCN(c3ccc(C4=Nc5cc(Cl)ccc5[NH2+]4)cn3)CC2)c1. The van der Waals surface area contributed by atoms with E-state index < -0.39 is 0 Å². The number of benzene rings is 2. The van der Waals surface area contributed by atoms with Gasteiger partial charge >= 0.3 is 0 Å². The Morgan fingerprint density at radius 2 is 1.94 bits per heavy atom. The third kappa shape index (κ3) is 4.58. The predicted octanol–water partition coefficient (Wildman–Crippen LogP) is 2.78. The lowest BCUT2D eigenvalue weighted by atomic mass is 10.1. The number of nitrogens with two attached hydrogens (primary N) is 1. The summed E-state index contributed by atoms with van der Waals surface area (Å²) in [5.41, 5.74) is 4.34. The summed E-state index contributed by atoms with van der Waals surface area (Å²) in [6.45, 7) is 2.76. The van der Waals surface area contributed by atoms with Crippen molar-refractivity contribution in [3.8, 4) is 6.07 Å². The second-order valence-corrected chi connectivity index (χ2v) is 8.54. The van der Waals surface area contributed by atoms with Crippen LogP contribution in [0.4, 0.5) is 17.2 Å². The molecule has 7 nitrogen and oxygen atoms in total. The van der Waals surface area contributed by atoms with Crippen molar-refractivity contribution in [2.24, 2.45) is 4.99 Å². The van der Waals surface area contributed by atoms with Gasteiger partial charge in [-0.15, -0.1) is 0 Å².